The van der Waals surface area contributed by atoms with Gasteiger partial charge in [0.1, 0.15) is 11.4 Å². The highest BCUT2D eigenvalue weighted by Gasteiger charge is 2.33. The lowest BCUT2D eigenvalue weighted by atomic mass is 10.00. The maximum absolute atomic E-state index is 10.5. The number of phenolic OH excluding ortho intramolecular Hbond substituents is 1. The Kier molecular flexibility index (Phi) is 3.32. The summed E-state index contributed by atoms with van der Waals surface area (Å²) in [5.41, 5.74) is 2.02. The highest BCUT2D eigenvalue weighted by Crippen LogP contribution is 2.52. The van der Waals surface area contributed by atoms with Crippen molar-refractivity contribution in [1.29, 1.82) is 5.26 Å². The van der Waals surface area contributed by atoms with Crippen molar-refractivity contribution in [3.8, 4) is 23.3 Å². The number of rotatable bonds is 1. The van der Waals surface area contributed by atoms with Gasteiger partial charge in [-0.2, -0.15) is 5.26 Å². The Bertz CT molecular complexity index is 791. The van der Waals surface area contributed by atoms with Crippen molar-refractivity contribution in [2.24, 2.45) is 0 Å². The Hall–Kier alpha value is -2.71. The van der Waals surface area contributed by atoms with Gasteiger partial charge in [0.05, 0.1) is 17.3 Å². The summed E-state index contributed by atoms with van der Waals surface area (Å²) in [7, 11) is 0. The average molecular weight is 307 g/mol. The van der Waals surface area contributed by atoms with Gasteiger partial charge in [-0.25, -0.2) is 0 Å². The number of nitrogens with one attached hydrogen (secondary N) is 1. The van der Waals surface area contributed by atoms with E-state index < -0.39 is 0 Å². The van der Waals surface area contributed by atoms with Gasteiger partial charge in [-0.05, 0) is 38.1 Å². The number of nitriles is 1. The molecule has 5 nitrogen and oxygen atoms in total. The second-order valence-corrected chi connectivity index (χ2v) is 5.87. The van der Waals surface area contributed by atoms with Crippen molar-refractivity contribution < 1.29 is 9.84 Å². The second kappa shape index (κ2) is 5.49. The number of phenols is 1. The molecule has 0 saturated carbocycles. The van der Waals surface area contributed by atoms with E-state index in [-0.39, 0.29) is 5.75 Å². The Morgan fingerprint density at radius 1 is 1.17 bits per heavy atom. The number of piperidine rings is 1. The fourth-order valence-corrected chi connectivity index (χ4v) is 3.40. The van der Waals surface area contributed by atoms with E-state index in [1.54, 1.807) is 6.07 Å². The third-order valence-corrected chi connectivity index (χ3v) is 4.44. The first-order valence-electron chi connectivity index (χ1n) is 7.82. The maximum atomic E-state index is 10.5. The standard InChI is InChI=1S/C18H17N3O2/c19-11-12-9-15(22)18-17(10-12)23-16-4-2-1-3-14(16)21(18)13-5-7-20-8-6-13/h1-4,9-10,13,20,22H,5-8H2. The lowest BCUT2D eigenvalue weighted by Crippen LogP contribution is -2.41. The lowest BCUT2D eigenvalue weighted by Gasteiger charge is -2.40. The first-order chi connectivity index (χ1) is 11.3. The highest BCUT2D eigenvalue weighted by molar-refractivity contribution is 5.83. The fraction of sp³-hybridized carbons (Fsp3) is 0.278. The molecular weight excluding hydrogens is 290 g/mol. The van der Waals surface area contributed by atoms with E-state index in [0.29, 0.717) is 23.0 Å². The lowest BCUT2D eigenvalue weighted by molar-refractivity contribution is 0.412. The first kappa shape index (κ1) is 13.9. The summed E-state index contributed by atoms with van der Waals surface area (Å²) in [5.74, 6) is 1.39. The van der Waals surface area contributed by atoms with E-state index in [2.05, 4.69) is 16.3 Å². The molecule has 23 heavy (non-hydrogen) atoms. The van der Waals surface area contributed by atoms with Crippen molar-refractivity contribution in [3.05, 3.63) is 42.0 Å². The van der Waals surface area contributed by atoms with Gasteiger partial charge in [0.2, 0.25) is 0 Å². The van der Waals surface area contributed by atoms with Crippen molar-refractivity contribution in [1.82, 2.24) is 5.32 Å². The minimum Gasteiger partial charge on any atom is -0.506 e. The van der Waals surface area contributed by atoms with Crippen molar-refractivity contribution >= 4 is 11.4 Å². The molecule has 4 rings (SSSR count). The number of para-hydroxylation sites is 2. The second-order valence-electron chi connectivity index (χ2n) is 5.87. The molecule has 2 aromatic carbocycles. The third-order valence-electron chi connectivity index (χ3n) is 4.44. The molecule has 1 fully saturated rings. The highest BCUT2D eigenvalue weighted by atomic mass is 16.5. The zero-order valence-electron chi connectivity index (χ0n) is 12.6. The Morgan fingerprint density at radius 3 is 2.74 bits per heavy atom. The van der Waals surface area contributed by atoms with Crippen LogP contribution in [0.15, 0.2) is 36.4 Å². The number of benzene rings is 2. The Labute approximate surface area is 134 Å². The number of nitrogens with zero attached hydrogens (tertiary/aromatic N) is 2. The van der Waals surface area contributed by atoms with Crippen LogP contribution in [0, 0.1) is 11.3 Å². The zero-order valence-corrected chi connectivity index (χ0v) is 12.6. The minimum absolute atomic E-state index is 0.0899. The van der Waals surface area contributed by atoms with Crippen molar-refractivity contribution in [2.75, 3.05) is 18.0 Å². The van der Waals surface area contributed by atoms with Gasteiger partial charge in [-0.15, -0.1) is 0 Å². The van der Waals surface area contributed by atoms with Gasteiger partial charge >= 0.3 is 0 Å². The topological polar surface area (TPSA) is 68.5 Å². The SMILES string of the molecule is N#Cc1cc(O)c2c(c1)Oc1ccccc1N2C1CCNCC1. The minimum atomic E-state index is 0.0899. The van der Waals surface area contributed by atoms with E-state index in [1.807, 2.05) is 24.3 Å². The van der Waals surface area contributed by atoms with Crippen LogP contribution in [0.1, 0.15) is 18.4 Å². The van der Waals surface area contributed by atoms with Gasteiger partial charge in [-0.3, -0.25) is 0 Å². The molecule has 2 heterocycles. The van der Waals surface area contributed by atoms with Crippen LogP contribution < -0.4 is 15.0 Å². The van der Waals surface area contributed by atoms with E-state index >= 15 is 0 Å². The molecule has 0 amide bonds. The van der Waals surface area contributed by atoms with Gasteiger partial charge in [0, 0.05) is 18.2 Å². The van der Waals surface area contributed by atoms with Crippen molar-refractivity contribution in [2.45, 2.75) is 18.9 Å². The third kappa shape index (κ3) is 2.28. The van der Waals surface area contributed by atoms with E-state index in [9.17, 15) is 5.11 Å². The summed E-state index contributed by atoms with van der Waals surface area (Å²) in [6.45, 7) is 1.91. The maximum Gasteiger partial charge on any atom is 0.156 e. The van der Waals surface area contributed by atoms with Crippen LogP contribution in [-0.4, -0.2) is 24.2 Å². The monoisotopic (exact) mass is 307 g/mol. The Balaban J connectivity index is 1.89. The van der Waals surface area contributed by atoms with Gasteiger partial charge in [0.15, 0.2) is 11.5 Å². The average Bonchev–Trinajstić information content (AvgIpc) is 2.60. The summed E-state index contributed by atoms with van der Waals surface area (Å²) in [6.07, 6.45) is 1.99. The van der Waals surface area contributed by atoms with Crippen LogP contribution in [-0.2, 0) is 0 Å². The number of fused-ring (bicyclic) bond motifs is 2. The quantitative estimate of drug-likeness (QED) is 0.846. The summed E-state index contributed by atoms with van der Waals surface area (Å²) >= 11 is 0. The summed E-state index contributed by atoms with van der Waals surface area (Å²) in [4.78, 5) is 2.17. The number of hydrogen-bond acceptors (Lipinski definition) is 5. The first-order valence-corrected chi connectivity index (χ1v) is 7.82. The fourth-order valence-electron chi connectivity index (χ4n) is 3.40. The summed E-state index contributed by atoms with van der Waals surface area (Å²) in [5, 5.41) is 23.0. The molecule has 2 aliphatic rings. The van der Waals surface area contributed by atoms with Crippen LogP contribution in [0.3, 0.4) is 0 Å². The van der Waals surface area contributed by atoms with Gasteiger partial charge in [-0.1, -0.05) is 12.1 Å². The molecule has 5 heteroatoms. The largest absolute Gasteiger partial charge is 0.506 e. The molecule has 0 radical (unpaired) electrons. The smallest absolute Gasteiger partial charge is 0.156 e. The molecule has 0 bridgehead atoms. The molecule has 0 atom stereocenters. The normalized spacial score (nSPS) is 16.9. The number of hydrogen-bond donors (Lipinski definition) is 2. The Morgan fingerprint density at radius 2 is 1.96 bits per heavy atom. The molecule has 2 N–H and O–H groups in total. The van der Waals surface area contributed by atoms with Crippen LogP contribution in [0.2, 0.25) is 0 Å². The number of ether oxygens (including phenoxy) is 1. The van der Waals surface area contributed by atoms with Crippen LogP contribution in [0.5, 0.6) is 17.2 Å². The van der Waals surface area contributed by atoms with Gasteiger partial charge in [0.25, 0.3) is 0 Å². The number of anilines is 2. The predicted molar refractivity (Wildman–Crippen MR) is 87.4 cm³/mol. The predicted octanol–water partition coefficient (Wildman–Crippen LogP) is 3.26. The molecule has 0 unspecified atom stereocenters. The van der Waals surface area contributed by atoms with Crippen molar-refractivity contribution in [3.63, 3.8) is 0 Å². The molecule has 0 aliphatic carbocycles. The molecular formula is C18H17N3O2. The molecule has 0 aromatic heterocycles. The van der Waals surface area contributed by atoms with Crippen LogP contribution in [0.25, 0.3) is 0 Å². The number of aromatic hydroxyl groups is 1. The molecule has 116 valence electrons. The van der Waals surface area contributed by atoms with E-state index in [1.165, 1.54) is 6.07 Å². The molecule has 1 saturated heterocycles. The van der Waals surface area contributed by atoms with Crippen LogP contribution in [0.4, 0.5) is 11.4 Å². The van der Waals surface area contributed by atoms with E-state index in [4.69, 9.17) is 10.00 Å². The molecule has 2 aliphatic heterocycles. The molecule has 0 spiro atoms. The van der Waals surface area contributed by atoms with Gasteiger partial charge < -0.3 is 20.1 Å². The molecule has 2 aromatic rings. The summed E-state index contributed by atoms with van der Waals surface area (Å²) in [6, 6.07) is 13.4. The van der Waals surface area contributed by atoms with Crippen LogP contribution >= 0.6 is 0 Å². The summed E-state index contributed by atoms with van der Waals surface area (Å²) < 4.78 is 5.95. The zero-order chi connectivity index (χ0) is 15.8. The van der Waals surface area contributed by atoms with E-state index in [0.717, 1.165) is 37.4 Å².